The second kappa shape index (κ2) is 5.84. The van der Waals surface area contributed by atoms with Gasteiger partial charge in [0, 0.05) is 16.2 Å². The molecule has 0 aliphatic rings. The summed E-state index contributed by atoms with van der Waals surface area (Å²) >= 11 is 3.50. The Morgan fingerprint density at radius 3 is 2.62 bits per heavy atom. The SMILES string of the molecule is Cc1c(Br)cccc1C(O)c1cnn(-c2ccccc2)c1. The molecule has 1 unspecified atom stereocenters. The second-order valence-corrected chi connectivity index (χ2v) is 5.76. The second-order valence-electron chi connectivity index (χ2n) is 4.91. The van der Waals surface area contributed by atoms with E-state index in [-0.39, 0.29) is 0 Å². The first-order valence-corrected chi connectivity index (χ1v) is 7.49. The van der Waals surface area contributed by atoms with E-state index in [1.165, 1.54) is 0 Å². The predicted octanol–water partition coefficient (Wildman–Crippen LogP) is 4.02. The smallest absolute Gasteiger partial charge is 0.107 e. The number of aliphatic hydroxyl groups is 1. The minimum atomic E-state index is -0.681. The Kier molecular flexibility index (Phi) is 3.90. The fourth-order valence-corrected chi connectivity index (χ4v) is 2.68. The average molecular weight is 343 g/mol. The maximum absolute atomic E-state index is 10.6. The van der Waals surface area contributed by atoms with E-state index in [1.54, 1.807) is 10.9 Å². The molecule has 21 heavy (non-hydrogen) atoms. The summed E-state index contributed by atoms with van der Waals surface area (Å²) in [6.45, 7) is 1.99. The summed E-state index contributed by atoms with van der Waals surface area (Å²) in [6.07, 6.45) is 2.89. The number of rotatable bonds is 3. The molecule has 4 heteroatoms. The molecule has 3 nitrogen and oxygen atoms in total. The molecule has 0 saturated heterocycles. The molecule has 1 aromatic heterocycles. The molecular weight excluding hydrogens is 328 g/mol. The van der Waals surface area contributed by atoms with E-state index < -0.39 is 6.10 Å². The third-order valence-electron chi connectivity index (χ3n) is 3.54. The van der Waals surface area contributed by atoms with Crippen molar-refractivity contribution in [1.82, 2.24) is 9.78 Å². The minimum Gasteiger partial charge on any atom is -0.384 e. The number of hydrogen-bond donors (Lipinski definition) is 1. The Hall–Kier alpha value is -1.91. The van der Waals surface area contributed by atoms with E-state index >= 15 is 0 Å². The molecule has 0 fully saturated rings. The van der Waals surface area contributed by atoms with Gasteiger partial charge in [0.1, 0.15) is 6.10 Å². The van der Waals surface area contributed by atoms with Gasteiger partial charge in [-0.25, -0.2) is 4.68 Å². The summed E-state index contributed by atoms with van der Waals surface area (Å²) in [5.74, 6) is 0. The van der Waals surface area contributed by atoms with Gasteiger partial charge < -0.3 is 5.11 Å². The molecular formula is C17H15BrN2O. The number of nitrogens with zero attached hydrogens (tertiary/aromatic N) is 2. The van der Waals surface area contributed by atoms with Gasteiger partial charge in [-0.1, -0.05) is 46.3 Å². The first-order chi connectivity index (χ1) is 10.2. The van der Waals surface area contributed by atoms with Crippen LogP contribution in [-0.2, 0) is 0 Å². The van der Waals surface area contributed by atoms with Crippen LogP contribution in [0.1, 0.15) is 22.8 Å². The molecule has 106 valence electrons. The third kappa shape index (κ3) is 2.77. The Morgan fingerprint density at radius 1 is 1.10 bits per heavy atom. The fraction of sp³-hybridized carbons (Fsp3) is 0.118. The summed E-state index contributed by atoms with van der Waals surface area (Å²) in [4.78, 5) is 0. The van der Waals surface area contributed by atoms with Crippen molar-refractivity contribution in [2.75, 3.05) is 0 Å². The zero-order valence-electron chi connectivity index (χ0n) is 11.6. The molecule has 3 rings (SSSR count). The van der Waals surface area contributed by atoms with Crippen LogP contribution in [0.3, 0.4) is 0 Å². The Morgan fingerprint density at radius 2 is 1.86 bits per heavy atom. The summed E-state index contributed by atoms with van der Waals surface area (Å²) in [5, 5.41) is 14.9. The highest BCUT2D eigenvalue weighted by atomic mass is 79.9. The highest BCUT2D eigenvalue weighted by Crippen LogP contribution is 2.29. The molecule has 0 aliphatic heterocycles. The van der Waals surface area contributed by atoms with Gasteiger partial charge in [0.2, 0.25) is 0 Å². The van der Waals surface area contributed by atoms with Gasteiger partial charge in [-0.05, 0) is 36.2 Å². The molecule has 2 aromatic carbocycles. The molecule has 1 N–H and O–H groups in total. The van der Waals surface area contributed by atoms with Crippen LogP contribution >= 0.6 is 15.9 Å². The lowest BCUT2D eigenvalue weighted by molar-refractivity contribution is 0.219. The molecule has 0 radical (unpaired) electrons. The number of para-hydroxylation sites is 1. The number of aromatic nitrogens is 2. The quantitative estimate of drug-likeness (QED) is 0.780. The Bertz CT molecular complexity index is 752. The van der Waals surface area contributed by atoms with Gasteiger partial charge in [0.05, 0.1) is 11.9 Å². The van der Waals surface area contributed by atoms with Crippen LogP contribution in [0, 0.1) is 6.92 Å². The number of aliphatic hydroxyl groups excluding tert-OH is 1. The van der Waals surface area contributed by atoms with Crippen LogP contribution in [0.5, 0.6) is 0 Å². The summed E-state index contributed by atoms with van der Waals surface area (Å²) in [6, 6.07) is 15.7. The van der Waals surface area contributed by atoms with Crippen LogP contribution < -0.4 is 0 Å². The van der Waals surface area contributed by atoms with Crippen molar-refractivity contribution in [3.63, 3.8) is 0 Å². The van der Waals surface area contributed by atoms with E-state index in [1.807, 2.05) is 61.7 Å². The summed E-state index contributed by atoms with van der Waals surface area (Å²) < 4.78 is 2.76. The van der Waals surface area contributed by atoms with Crippen LogP contribution in [-0.4, -0.2) is 14.9 Å². The maximum Gasteiger partial charge on any atom is 0.107 e. The zero-order valence-corrected chi connectivity index (χ0v) is 13.2. The van der Waals surface area contributed by atoms with Crippen molar-refractivity contribution in [2.24, 2.45) is 0 Å². The molecule has 1 heterocycles. The number of benzene rings is 2. The summed E-state index contributed by atoms with van der Waals surface area (Å²) in [7, 11) is 0. The van der Waals surface area contributed by atoms with Crippen molar-refractivity contribution in [2.45, 2.75) is 13.0 Å². The highest BCUT2D eigenvalue weighted by Gasteiger charge is 2.16. The lowest BCUT2D eigenvalue weighted by Crippen LogP contribution is -2.01. The molecule has 1 atom stereocenters. The van der Waals surface area contributed by atoms with E-state index in [4.69, 9.17) is 0 Å². The molecule has 0 bridgehead atoms. The lowest BCUT2D eigenvalue weighted by Gasteiger charge is -2.13. The van der Waals surface area contributed by atoms with Crippen LogP contribution in [0.25, 0.3) is 5.69 Å². The third-order valence-corrected chi connectivity index (χ3v) is 4.40. The van der Waals surface area contributed by atoms with Crippen molar-refractivity contribution in [1.29, 1.82) is 0 Å². The van der Waals surface area contributed by atoms with Gasteiger partial charge in [-0.3, -0.25) is 0 Å². The molecule has 3 aromatic rings. The zero-order chi connectivity index (χ0) is 14.8. The van der Waals surface area contributed by atoms with Crippen molar-refractivity contribution < 1.29 is 5.11 Å². The van der Waals surface area contributed by atoms with Crippen molar-refractivity contribution in [3.05, 3.63) is 82.1 Å². The van der Waals surface area contributed by atoms with Crippen LogP contribution in [0.2, 0.25) is 0 Å². The highest BCUT2D eigenvalue weighted by molar-refractivity contribution is 9.10. The number of halogens is 1. The Labute approximate surface area is 132 Å². The van der Waals surface area contributed by atoms with E-state index in [9.17, 15) is 5.11 Å². The van der Waals surface area contributed by atoms with E-state index in [2.05, 4.69) is 21.0 Å². The molecule has 0 spiro atoms. The van der Waals surface area contributed by atoms with Crippen LogP contribution in [0.4, 0.5) is 0 Å². The number of hydrogen-bond acceptors (Lipinski definition) is 2. The minimum absolute atomic E-state index is 0.681. The lowest BCUT2D eigenvalue weighted by atomic mass is 10.00. The van der Waals surface area contributed by atoms with Gasteiger partial charge in [-0.2, -0.15) is 5.10 Å². The predicted molar refractivity (Wildman–Crippen MR) is 86.5 cm³/mol. The van der Waals surface area contributed by atoms with Gasteiger partial charge in [0.15, 0.2) is 0 Å². The topological polar surface area (TPSA) is 38.1 Å². The van der Waals surface area contributed by atoms with Gasteiger partial charge >= 0.3 is 0 Å². The Balaban J connectivity index is 1.95. The van der Waals surface area contributed by atoms with Gasteiger partial charge in [0.25, 0.3) is 0 Å². The first kappa shape index (κ1) is 14.0. The monoisotopic (exact) mass is 342 g/mol. The van der Waals surface area contributed by atoms with Crippen molar-refractivity contribution in [3.8, 4) is 5.69 Å². The fourth-order valence-electron chi connectivity index (χ4n) is 2.30. The molecule has 0 amide bonds. The van der Waals surface area contributed by atoms with Crippen molar-refractivity contribution >= 4 is 15.9 Å². The van der Waals surface area contributed by atoms with Crippen LogP contribution in [0.15, 0.2) is 65.4 Å². The van der Waals surface area contributed by atoms with E-state index in [0.717, 1.165) is 26.9 Å². The molecule has 0 saturated carbocycles. The standard InChI is InChI=1S/C17H15BrN2O/c1-12-15(8-5-9-16(12)18)17(21)13-10-19-20(11-13)14-6-3-2-4-7-14/h2-11,17,21H,1H3. The average Bonchev–Trinajstić information content (AvgIpc) is 3.00. The maximum atomic E-state index is 10.6. The van der Waals surface area contributed by atoms with E-state index in [0.29, 0.717) is 0 Å². The normalized spacial score (nSPS) is 12.3. The summed E-state index contributed by atoms with van der Waals surface area (Å²) in [5.41, 5.74) is 3.68. The molecule has 0 aliphatic carbocycles. The van der Waals surface area contributed by atoms with Gasteiger partial charge in [-0.15, -0.1) is 0 Å². The first-order valence-electron chi connectivity index (χ1n) is 6.70. The largest absolute Gasteiger partial charge is 0.384 e.